The van der Waals surface area contributed by atoms with E-state index in [1.54, 1.807) is 48.0 Å². The van der Waals surface area contributed by atoms with E-state index in [0.29, 0.717) is 17.1 Å². The van der Waals surface area contributed by atoms with E-state index in [1.807, 2.05) is 13.8 Å². The molecule has 8 atom stereocenters. The molecule has 3 unspecified atom stereocenters. The topological polar surface area (TPSA) is 98.7 Å². The Morgan fingerprint density at radius 2 is 2.00 bits per heavy atom. The molecule has 3 N–H and O–H groups in total. The number of aliphatic hydroxyl groups is 1. The highest BCUT2D eigenvalue weighted by molar-refractivity contribution is 9.09. The van der Waals surface area contributed by atoms with Crippen molar-refractivity contribution in [3.8, 4) is 0 Å². The van der Waals surface area contributed by atoms with E-state index in [2.05, 4.69) is 26.6 Å². The van der Waals surface area contributed by atoms with Crippen LogP contribution in [0.15, 0.2) is 24.3 Å². The smallest absolute Gasteiger partial charge is 0.248 e. The second-order valence-electron chi connectivity index (χ2n) is 9.15. The van der Waals surface area contributed by atoms with Crippen molar-refractivity contribution in [1.82, 2.24) is 10.2 Å². The van der Waals surface area contributed by atoms with E-state index in [0.717, 1.165) is 6.42 Å². The van der Waals surface area contributed by atoms with Gasteiger partial charge in [0.05, 0.1) is 29.2 Å². The molecule has 2 bridgehead atoms. The van der Waals surface area contributed by atoms with Crippen LogP contribution in [0, 0.1) is 17.8 Å². The van der Waals surface area contributed by atoms with Gasteiger partial charge in [0.15, 0.2) is 0 Å². The van der Waals surface area contributed by atoms with Gasteiger partial charge in [-0.15, -0.1) is 11.8 Å². The SMILES string of the molecule is CC[C@H](C)[C@H](CO)N1C(=O)[C@@H]2[C@@H](C(=O)NC)[C@@H]3SC2(CC3Br)C1C(=O)Nc1ccc(Cl)cc1. The van der Waals surface area contributed by atoms with Crippen molar-refractivity contribution in [3.05, 3.63) is 29.3 Å². The molecule has 0 saturated carbocycles. The summed E-state index contributed by atoms with van der Waals surface area (Å²) in [6.07, 6.45) is 1.34. The molecule has 3 saturated heterocycles. The van der Waals surface area contributed by atoms with Gasteiger partial charge in [-0.25, -0.2) is 0 Å². The second kappa shape index (κ2) is 9.40. The average molecular weight is 559 g/mol. The number of halogens is 2. The van der Waals surface area contributed by atoms with Crippen molar-refractivity contribution in [1.29, 1.82) is 0 Å². The summed E-state index contributed by atoms with van der Waals surface area (Å²) in [5.41, 5.74) is 0.580. The molecule has 3 fully saturated rings. The number of rotatable bonds is 7. The minimum absolute atomic E-state index is 0.0100. The molecule has 1 spiro atoms. The van der Waals surface area contributed by atoms with Crippen molar-refractivity contribution < 1.29 is 19.5 Å². The lowest BCUT2D eigenvalue weighted by atomic mass is 9.70. The first-order valence-electron chi connectivity index (χ1n) is 11.2. The number of carbonyl (C=O) groups is 3. The van der Waals surface area contributed by atoms with Crippen LogP contribution in [0.1, 0.15) is 26.7 Å². The molecule has 3 aliphatic rings. The van der Waals surface area contributed by atoms with Gasteiger partial charge in [0.25, 0.3) is 0 Å². The van der Waals surface area contributed by atoms with Gasteiger partial charge in [0, 0.05) is 27.8 Å². The number of nitrogens with one attached hydrogen (secondary N) is 2. The first kappa shape index (κ1) is 24.8. The van der Waals surface area contributed by atoms with Crippen LogP contribution in [-0.4, -0.2) is 68.3 Å². The van der Waals surface area contributed by atoms with E-state index in [1.165, 1.54) is 0 Å². The summed E-state index contributed by atoms with van der Waals surface area (Å²) in [5.74, 6) is -1.85. The van der Waals surface area contributed by atoms with E-state index in [4.69, 9.17) is 11.6 Å². The first-order chi connectivity index (χ1) is 15.7. The fraction of sp³-hybridized carbons (Fsp3) is 0.609. The number of likely N-dealkylation sites (tertiary alicyclic amines) is 1. The number of alkyl halides is 1. The van der Waals surface area contributed by atoms with Crippen LogP contribution in [0.3, 0.4) is 0 Å². The van der Waals surface area contributed by atoms with Crippen LogP contribution in [0.2, 0.25) is 5.02 Å². The van der Waals surface area contributed by atoms with E-state index >= 15 is 0 Å². The van der Waals surface area contributed by atoms with Crippen molar-refractivity contribution >= 4 is 62.7 Å². The summed E-state index contributed by atoms with van der Waals surface area (Å²) < 4.78 is -0.746. The number of nitrogens with zero attached hydrogens (tertiary/aromatic N) is 1. The van der Waals surface area contributed by atoms with Gasteiger partial charge < -0.3 is 20.6 Å². The van der Waals surface area contributed by atoms with Gasteiger partial charge in [-0.1, -0.05) is 47.8 Å². The maximum Gasteiger partial charge on any atom is 0.248 e. The number of thioether (sulfide) groups is 1. The summed E-state index contributed by atoms with van der Waals surface area (Å²) in [5, 5.41) is 16.4. The van der Waals surface area contributed by atoms with Crippen molar-refractivity contribution in [3.63, 3.8) is 0 Å². The van der Waals surface area contributed by atoms with Gasteiger partial charge in [-0.2, -0.15) is 0 Å². The summed E-state index contributed by atoms with van der Waals surface area (Å²) in [7, 11) is 1.58. The Morgan fingerprint density at radius 3 is 2.58 bits per heavy atom. The molecular weight excluding hydrogens is 530 g/mol. The molecule has 180 valence electrons. The summed E-state index contributed by atoms with van der Waals surface area (Å²) in [6.45, 7) is 3.73. The van der Waals surface area contributed by atoms with Crippen molar-refractivity contribution in [2.24, 2.45) is 17.8 Å². The van der Waals surface area contributed by atoms with E-state index < -0.39 is 28.7 Å². The third kappa shape index (κ3) is 3.89. The zero-order valence-electron chi connectivity index (χ0n) is 18.8. The number of anilines is 1. The molecule has 0 aromatic heterocycles. The molecule has 3 heterocycles. The Labute approximate surface area is 211 Å². The zero-order valence-corrected chi connectivity index (χ0v) is 21.9. The standard InChI is InChI=1S/C23H29BrClN3O4S/c1-4-11(2)15(10-29)28-19(21(31)27-13-7-5-12(25)6-8-13)23-9-14(24)18(33-23)16(20(30)26-3)17(23)22(28)32/h5-8,11,14-19,29H,4,9-10H2,1-3H3,(H,26,30)(H,27,31)/t11-,14?,15-,16+,17-,18+,19?,23?/m0/s1. The fourth-order valence-corrected chi connectivity index (χ4v) is 9.47. The third-order valence-electron chi connectivity index (χ3n) is 7.48. The Balaban J connectivity index is 1.79. The maximum atomic E-state index is 14.0. The van der Waals surface area contributed by atoms with Crippen molar-refractivity contribution in [2.45, 2.75) is 53.6 Å². The highest BCUT2D eigenvalue weighted by Crippen LogP contribution is 2.68. The minimum atomic E-state index is -0.804. The lowest BCUT2D eigenvalue weighted by Crippen LogP contribution is -2.56. The number of amides is 3. The minimum Gasteiger partial charge on any atom is -0.394 e. The van der Waals surface area contributed by atoms with Gasteiger partial charge in [-0.3, -0.25) is 14.4 Å². The summed E-state index contributed by atoms with van der Waals surface area (Å²) >= 11 is 11.3. The second-order valence-corrected chi connectivity index (χ2v) is 12.3. The first-order valence-corrected chi connectivity index (χ1v) is 13.4. The Kier molecular flexibility index (Phi) is 7.07. The zero-order chi connectivity index (χ0) is 24.1. The van der Waals surface area contributed by atoms with Crippen LogP contribution < -0.4 is 10.6 Å². The number of benzene rings is 1. The van der Waals surface area contributed by atoms with Crippen LogP contribution >= 0.6 is 39.3 Å². The maximum absolute atomic E-state index is 14.0. The Bertz CT molecular complexity index is 950. The number of carbonyl (C=O) groups excluding carboxylic acids is 3. The lowest BCUT2D eigenvalue weighted by Gasteiger charge is -2.39. The van der Waals surface area contributed by atoms with E-state index in [9.17, 15) is 19.5 Å². The molecule has 1 aromatic carbocycles. The normalized spacial score (nSPS) is 34.2. The molecule has 33 heavy (non-hydrogen) atoms. The average Bonchev–Trinajstić information content (AvgIpc) is 3.39. The Hall–Kier alpha value is -1.29. The molecule has 0 radical (unpaired) electrons. The Morgan fingerprint density at radius 1 is 1.33 bits per heavy atom. The highest BCUT2D eigenvalue weighted by Gasteiger charge is 2.76. The van der Waals surface area contributed by atoms with Gasteiger partial charge in [0.1, 0.15) is 6.04 Å². The van der Waals surface area contributed by atoms with Crippen LogP contribution in [0.5, 0.6) is 0 Å². The lowest BCUT2D eigenvalue weighted by molar-refractivity contribution is -0.143. The van der Waals surface area contributed by atoms with Gasteiger partial charge >= 0.3 is 0 Å². The quantitative estimate of drug-likeness (QED) is 0.447. The van der Waals surface area contributed by atoms with Crippen molar-refractivity contribution in [2.75, 3.05) is 19.0 Å². The number of fused-ring (bicyclic) bond motifs is 1. The molecule has 0 aliphatic carbocycles. The molecular formula is C23H29BrClN3O4S. The molecule has 10 heteroatoms. The van der Waals surface area contributed by atoms with Gasteiger partial charge in [0.2, 0.25) is 17.7 Å². The largest absolute Gasteiger partial charge is 0.394 e. The van der Waals surface area contributed by atoms with Crippen LogP contribution in [-0.2, 0) is 14.4 Å². The molecule has 1 aromatic rings. The highest BCUT2D eigenvalue weighted by atomic mass is 79.9. The molecule has 7 nitrogen and oxygen atoms in total. The summed E-state index contributed by atoms with van der Waals surface area (Å²) in [4.78, 5) is 42.3. The monoisotopic (exact) mass is 557 g/mol. The third-order valence-corrected chi connectivity index (χ3v) is 11.0. The number of hydrogen-bond acceptors (Lipinski definition) is 5. The van der Waals surface area contributed by atoms with Crippen LogP contribution in [0.4, 0.5) is 5.69 Å². The number of hydrogen-bond donors (Lipinski definition) is 3. The predicted molar refractivity (Wildman–Crippen MR) is 134 cm³/mol. The van der Waals surface area contributed by atoms with E-state index in [-0.39, 0.29) is 40.3 Å². The molecule has 3 amide bonds. The predicted octanol–water partition coefficient (Wildman–Crippen LogP) is 2.90. The summed E-state index contributed by atoms with van der Waals surface area (Å²) in [6, 6.07) is 5.50. The fourth-order valence-electron chi connectivity index (χ4n) is 5.75. The number of aliphatic hydroxyl groups excluding tert-OH is 1. The van der Waals surface area contributed by atoms with Gasteiger partial charge in [-0.05, 0) is 36.6 Å². The molecule has 4 rings (SSSR count). The molecule has 3 aliphatic heterocycles. The van der Waals surface area contributed by atoms with Crippen LogP contribution in [0.25, 0.3) is 0 Å².